The second-order valence-electron chi connectivity index (χ2n) is 32.9. The van der Waals surface area contributed by atoms with Crippen LogP contribution in [0.2, 0.25) is 0 Å². The zero-order valence-corrected chi connectivity index (χ0v) is 70.7. The zero-order valence-electron chi connectivity index (χ0n) is 70.7. The molecule has 13 aliphatic heterocycles. The third kappa shape index (κ3) is 36.1. The first-order chi connectivity index (χ1) is 56.1. The molecule has 8 aromatic carbocycles. The fourth-order valence-corrected chi connectivity index (χ4v) is 15.1. The normalized spacial score (nSPS) is 18.4. The average Bonchev–Trinajstić information content (AvgIpc) is 0.808. The predicted octanol–water partition coefficient (Wildman–Crippen LogP) is 29.6. The van der Waals surface area contributed by atoms with Crippen LogP contribution in [-0.4, -0.2) is 65.3 Å². The molecular formula is C104H142N2O8. The second-order valence-corrected chi connectivity index (χ2v) is 32.9. The first kappa shape index (κ1) is 89.4. The van der Waals surface area contributed by atoms with Crippen molar-refractivity contribution in [2.45, 2.75) is 295 Å². The molecule has 0 saturated carbocycles. The van der Waals surface area contributed by atoms with Crippen LogP contribution >= 0.6 is 0 Å². The van der Waals surface area contributed by atoms with Gasteiger partial charge in [0.25, 0.3) is 0 Å². The smallest absolute Gasteiger partial charge is 0.119 e. The quantitative estimate of drug-likeness (QED) is 0.148. The number of hydrogen-bond donors (Lipinski definition) is 0. The minimum Gasteiger partial charge on any atom is -0.494 e. The van der Waals surface area contributed by atoms with Crippen LogP contribution in [0.15, 0.2) is 204 Å². The Balaban J connectivity index is 0.613. The van der Waals surface area contributed by atoms with Gasteiger partial charge >= 0.3 is 0 Å². The van der Waals surface area contributed by atoms with Crippen LogP contribution in [0.4, 0.5) is 11.4 Å². The van der Waals surface area contributed by atoms with E-state index in [-0.39, 0.29) is 10.8 Å². The molecule has 0 unspecified atom stereocenters. The molecule has 0 aliphatic carbocycles. The number of rotatable bonds is 0. The van der Waals surface area contributed by atoms with Crippen LogP contribution in [-0.2, 0) is 10.8 Å². The summed E-state index contributed by atoms with van der Waals surface area (Å²) < 4.78 is 49.1. The Labute approximate surface area is 689 Å². The lowest BCUT2D eigenvalue weighted by atomic mass is 9.78. The molecule has 0 spiro atoms. The van der Waals surface area contributed by atoms with Gasteiger partial charge < -0.3 is 37.9 Å². The summed E-state index contributed by atoms with van der Waals surface area (Å²) in [4.78, 5) is 9.42. The molecule has 114 heavy (non-hydrogen) atoms. The largest absolute Gasteiger partial charge is 0.494 e. The fourth-order valence-electron chi connectivity index (χ4n) is 15.1. The Morgan fingerprint density at radius 2 is 0.298 bits per heavy atom. The minimum absolute atomic E-state index is 0.126. The highest BCUT2D eigenvalue weighted by Crippen LogP contribution is 2.36. The Kier molecular flexibility index (Phi) is 42.6. The molecule has 0 atom stereocenters. The van der Waals surface area contributed by atoms with Crippen molar-refractivity contribution < 1.29 is 37.9 Å². The molecule has 616 valence electrons. The number of hydrogen-bond acceptors (Lipinski definition) is 10. The first-order valence-electron chi connectivity index (χ1n) is 45.1. The monoisotopic (exact) mass is 1550 g/mol. The van der Waals surface area contributed by atoms with Crippen LogP contribution in [0, 0.1) is 0 Å². The number of ether oxygens (including phenoxy) is 8. The SMILES string of the molecule is CC1(C)c2ccc(cc2)OCCCCCCCCCCCCOc2ccc(cc2)C=Nc2ccc(cc2)OCCCCCCCCCCCCOc2ccc(cc2)C(C)(C)c2ccc(cc2)OCCCCCCCCCCCCOc2ccc(cc2)N=Cc2ccc(cc2)OCCCCCCCCCCCCOc2ccc1cc2. The third-order valence-electron chi connectivity index (χ3n) is 22.8. The van der Waals surface area contributed by atoms with E-state index in [2.05, 4.69) is 173 Å². The number of aliphatic imine (C=N–C) groups is 2. The molecule has 0 fully saturated rings. The Hall–Kier alpha value is -8.50. The summed E-state index contributed by atoms with van der Waals surface area (Å²) in [5.41, 5.74) is 8.81. The van der Waals surface area contributed by atoms with Gasteiger partial charge in [-0.05, 0) is 230 Å². The van der Waals surface area contributed by atoms with E-state index in [4.69, 9.17) is 47.9 Å². The van der Waals surface area contributed by atoms with Crippen molar-refractivity contribution in [1.82, 2.24) is 0 Å². The molecule has 13 aliphatic rings. The molecule has 16 bridgehead atoms. The van der Waals surface area contributed by atoms with Crippen molar-refractivity contribution in [2.24, 2.45) is 9.98 Å². The third-order valence-corrected chi connectivity index (χ3v) is 22.8. The van der Waals surface area contributed by atoms with E-state index in [0.29, 0.717) is 0 Å². The maximum atomic E-state index is 6.18. The fraction of sp³-hybridized carbons (Fsp3) is 0.519. The van der Waals surface area contributed by atoms with Gasteiger partial charge in [-0.2, -0.15) is 0 Å². The highest BCUT2D eigenvalue weighted by atomic mass is 16.5. The second kappa shape index (κ2) is 54.4. The van der Waals surface area contributed by atoms with Crippen molar-refractivity contribution >= 4 is 23.8 Å². The summed E-state index contributed by atoms with van der Waals surface area (Å²) in [6.45, 7) is 15.3. The summed E-state index contributed by atoms with van der Waals surface area (Å²) in [5.74, 6) is 7.46. The molecule has 10 nitrogen and oxygen atoms in total. The van der Waals surface area contributed by atoms with Crippen LogP contribution in [0.5, 0.6) is 46.0 Å². The topological polar surface area (TPSA) is 98.6 Å². The van der Waals surface area contributed by atoms with E-state index in [1.54, 1.807) is 0 Å². The van der Waals surface area contributed by atoms with Gasteiger partial charge in [-0.15, -0.1) is 0 Å². The van der Waals surface area contributed by atoms with Gasteiger partial charge in [-0.25, -0.2) is 0 Å². The number of benzene rings is 8. The molecule has 13 heterocycles. The van der Waals surface area contributed by atoms with Gasteiger partial charge in [-0.1, -0.05) is 282 Å². The lowest BCUT2D eigenvalue weighted by Crippen LogP contribution is -2.18. The summed E-state index contributed by atoms with van der Waals surface area (Å²) in [7, 11) is 0. The van der Waals surface area contributed by atoms with E-state index in [1.165, 1.54) is 228 Å². The van der Waals surface area contributed by atoms with Gasteiger partial charge in [-0.3, -0.25) is 9.98 Å². The van der Waals surface area contributed by atoms with Gasteiger partial charge in [0, 0.05) is 23.3 Å². The van der Waals surface area contributed by atoms with E-state index in [1.807, 2.05) is 61.0 Å². The van der Waals surface area contributed by atoms with Crippen molar-refractivity contribution in [1.29, 1.82) is 0 Å². The first-order valence-corrected chi connectivity index (χ1v) is 45.1. The standard InChI is InChI=1S/C104H142N2O8/c1-103(2)89-49-65-97(66-50-89)109-79-39-31-23-15-7-5-13-21-29-37-77-107-95-61-45-87(46-62-95)85-105-93-57-73-101(74-58-93)113-83-43-35-27-19-11-9-17-25-33-41-81-111-99-69-53-91(54-70-99)104(3,4)92-55-71-100(72-56-92)112-82-42-34-26-18-10-12-20-28-36-44-84-114-102-75-59-94(60-76-102)106-86-88-47-63-96(64-48-88)108-78-38-30-22-14-6-8-16-24-32-40-80-110-98-67-51-90(103)52-68-98/h45-76,85-86H,5-44,77-84H2,1-4H3. The van der Waals surface area contributed by atoms with Gasteiger partial charge in [0.1, 0.15) is 46.0 Å². The van der Waals surface area contributed by atoms with E-state index >= 15 is 0 Å². The minimum atomic E-state index is -0.126. The van der Waals surface area contributed by atoms with Gasteiger partial charge in [0.2, 0.25) is 0 Å². The van der Waals surface area contributed by atoms with Crippen LogP contribution < -0.4 is 37.9 Å². The number of nitrogens with zero attached hydrogens (tertiary/aromatic N) is 2. The van der Waals surface area contributed by atoms with Crippen LogP contribution in [0.1, 0.15) is 318 Å². The predicted molar refractivity (Wildman–Crippen MR) is 479 cm³/mol. The lowest BCUT2D eigenvalue weighted by molar-refractivity contribution is 0.302. The highest BCUT2D eigenvalue weighted by molar-refractivity contribution is 5.82. The molecule has 0 N–H and O–H groups in total. The lowest BCUT2D eigenvalue weighted by Gasteiger charge is -2.26. The van der Waals surface area contributed by atoms with E-state index in [9.17, 15) is 0 Å². The average molecular weight is 1550 g/mol. The maximum absolute atomic E-state index is 6.18. The van der Waals surface area contributed by atoms with Crippen molar-refractivity contribution in [2.75, 3.05) is 52.9 Å². The Morgan fingerprint density at radius 3 is 0.456 bits per heavy atom. The summed E-state index contributed by atoms with van der Waals surface area (Å²) >= 11 is 0. The van der Waals surface area contributed by atoms with E-state index in [0.717, 1.165) is 173 Å². The molecule has 8 aromatic rings. The molecule has 0 saturated heterocycles. The van der Waals surface area contributed by atoms with Crippen molar-refractivity contribution in [3.63, 3.8) is 0 Å². The molecule has 10 heteroatoms. The zero-order chi connectivity index (χ0) is 79.3. The molecule has 21 rings (SSSR count). The summed E-state index contributed by atoms with van der Waals surface area (Å²) in [6, 6.07) is 67.7. The maximum Gasteiger partial charge on any atom is 0.119 e. The molecule has 0 radical (unpaired) electrons. The van der Waals surface area contributed by atoms with Crippen molar-refractivity contribution in [3.8, 4) is 46.0 Å². The van der Waals surface area contributed by atoms with Crippen LogP contribution in [0.3, 0.4) is 0 Å². The molecular weight excluding hydrogens is 1410 g/mol. The van der Waals surface area contributed by atoms with Crippen molar-refractivity contribution in [3.05, 3.63) is 228 Å². The van der Waals surface area contributed by atoms with E-state index < -0.39 is 0 Å². The Bertz CT molecular complexity index is 3300. The molecule has 0 amide bonds. The summed E-state index contributed by atoms with van der Waals surface area (Å²) in [6.07, 6.45) is 53.4. The van der Waals surface area contributed by atoms with Crippen LogP contribution in [0.25, 0.3) is 0 Å². The summed E-state index contributed by atoms with van der Waals surface area (Å²) in [5, 5.41) is 0. The highest BCUT2D eigenvalue weighted by Gasteiger charge is 2.25. The molecule has 0 aromatic heterocycles. The van der Waals surface area contributed by atoms with Gasteiger partial charge in [0.05, 0.1) is 64.2 Å². The van der Waals surface area contributed by atoms with Gasteiger partial charge in [0.15, 0.2) is 0 Å². The Morgan fingerprint density at radius 1 is 0.167 bits per heavy atom.